The van der Waals surface area contributed by atoms with Crippen LogP contribution in [0.15, 0.2) is 18.5 Å². The van der Waals surface area contributed by atoms with E-state index in [1.165, 1.54) is 0 Å². The van der Waals surface area contributed by atoms with E-state index in [1.807, 2.05) is 25.6 Å². The van der Waals surface area contributed by atoms with E-state index in [2.05, 4.69) is 22.5 Å². The summed E-state index contributed by atoms with van der Waals surface area (Å²) in [5.74, 6) is 2.16. The number of rotatable bonds is 8. The number of carbonyl (C=O) groups is 1. The number of aromatic nitrogens is 1. The molecule has 0 aromatic carbocycles. The largest absolute Gasteiger partial charge is 0.383 e. The lowest BCUT2D eigenvalue weighted by Crippen LogP contribution is -2.33. The van der Waals surface area contributed by atoms with E-state index < -0.39 is 0 Å². The van der Waals surface area contributed by atoms with Gasteiger partial charge in [0.05, 0.1) is 17.4 Å². The molecule has 5 heteroatoms. The second-order valence-electron chi connectivity index (χ2n) is 4.31. The van der Waals surface area contributed by atoms with Crippen molar-refractivity contribution in [3.8, 4) is 0 Å². The summed E-state index contributed by atoms with van der Waals surface area (Å²) in [6, 6.07) is 1.94. The molecule has 1 amide bonds. The van der Waals surface area contributed by atoms with Crippen molar-refractivity contribution in [1.82, 2.24) is 10.3 Å². The summed E-state index contributed by atoms with van der Waals surface area (Å²) >= 11 is 1.90. The average molecular weight is 281 g/mol. The zero-order chi connectivity index (χ0) is 14.1. The minimum Gasteiger partial charge on any atom is -0.383 e. The molecule has 1 rings (SSSR count). The van der Waals surface area contributed by atoms with E-state index in [4.69, 9.17) is 0 Å². The molecule has 0 fully saturated rings. The highest BCUT2D eigenvalue weighted by molar-refractivity contribution is 7.99. The summed E-state index contributed by atoms with van der Waals surface area (Å²) in [5, 5.41) is 6.19. The first-order valence-electron chi connectivity index (χ1n) is 6.75. The number of nitrogens with one attached hydrogen (secondary N) is 2. The Morgan fingerprint density at radius 1 is 1.47 bits per heavy atom. The first-order chi connectivity index (χ1) is 9.19. The molecule has 0 aliphatic heterocycles. The molecule has 19 heavy (non-hydrogen) atoms. The lowest BCUT2D eigenvalue weighted by atomic mass is 10.2. The van der Waals surface area contributed by atoms with Gasteiger partial charge in [-0.25, -0.2) is 0 Å². The van der Waals surface area contributed by atoms with Crippen LogP contribution in [0.25, 0.3) is 0 Å². The first-order valence-corrected chi connectivity index (χ1v) is 7.91. The normalized spacial score (nSPS) is 11.9. The predicted molar refractivity (Wildman–Crippen MR) is 82.9 cm³/mol. The number of pyridine rings is 1. The second kappa shape index (κ2) is 8.80. The summed E-state index contributed by atoms with van der Waals surface area (Å²) in [7, 11) is 0. The van der Waals surface area contributed by atoms with Crippen molar-refractivity contribution in [1.29, 1.82) is 0 Å². The highest BCUT2D eigenvalue weighted by atomic mass is 32.2. The van der Waals surface area contributed by atoms with Crippen molar-refractivity contribution in [2.75, 3.05) is 23.4 Å². The molecule has 0 aliphatic carbocycles. The molecule has 0 radical (unpaired) electrons. The van der Waals surface area contributed by atoms with Crippen LogP contribution < -0.4 is 10.6 Å². The van der Waals surface area contributed by atoms with Crippen LogP contribution in [-0.2, 0) is 0 Å². The van der Waals surface area contributed by atoms with Gasteiger partial charge in [-0.15, -0.1) is 0 Å². The molecule has 0 saturated heterocycles. The van der Waals surface area contributed by atoms with Gasteiger partial charge in [0.2, 0.25) is 0 Å². The quantitative estimate of drug-likeness (QED) is 0.719. The number of amides is 1. The zero-order valence-electron chi connectivity index (χ0n) is 11.9. The summed E-state index contributed by atoms with van der Waals surface area (Å²) in [4.78, 5) is 16.2. The SMILES string of the molecule is CCNc1cnccc1C(=O)NC(C)CCSCC. The van der Waals surface area contributed by atoms with Crippen molar-refractivity contribution in [3.63, 3.8) is 0 Å². The highest BCUT2D eigenvalue weighted by Crippen LogP contribution is 2.13. The van der Waals surface area contributed by atoms with Crippen LogP contribution >= 0.6 is 11.8 Å². The maximum absolute atomic E-state index is 12.2. The van der Waals surface area contributed by atoms with Crippen LogP contribution in [0.5, 0.6) is 0 Å². The minimum atomic E-state index is -0.0349. The Kier molecular flexibility index (Phi) is 7.33. The third-order valence-electron chi connectivity index (χ3n) is 2.71. The molecule has 2 N–H and O–H groups in total. The number of hydrogen-bond donors (Lipinski definition) is 2. The molecule has 4 nitrogen and oxygen atoms in total. The third-order valence-corrected chi connectivity index (χ3v) is 3.64. The number of thioether (sulfide) groups is 1. The molecule has 1 aromatic heterocycles. The molecule has 0 aliphatic rings. The standard InChI is InChI=1S/C14H23N3OS/c1-4-16-13-10-15-8-6-12(13)14(18)17-11(3)7-9-19-5-2/h6,8,10-11,16H,4-5,7,9H2,1-3H3,(H,17,18). The van der Waals surface area contributed by atoms with Gasteiger partial charge < -0.3 is 10.6 Å². The number of anilines is 1. The van der Waals surface area contributed by atoms with Crippen molar-refractivity contribution in [2.24, 2.45) is 0 Å². The third kappa shape index (κ3) is 5.51. The fraction of sp³-hybridized carbons (Fsp3) is 0.571. The van der Waals surface area contributed by atoms with Gasteiger partial charge in [-0.05, 0) is 37.8 Å². The predicted octanol–water partition coefficient (Wildman–Crippen LogP) is 2.77. The van der Waals surface area contributed by atoms with Crippen LogP contribution in [-0.4, -0.2) is 35.0 Å². The van der Waals surface area contributed by atoms with E-state index in [0.717, 1.165) is 30.2 Å². The topological polar surface area (TPSA) is 54.0 Å². The monoisotopic (exact) mass is 281 g/mol. The first kappa shape index (κ1) is 15.8. The maximum Gasteiger partial charge on any atom is 0.253 e. The molecule has 0 spiro atoms. The average Bonchev–Trinajstić information content (AvgIpc) is 2.40. The Bertz CT molecular complexity index is 398. The molecule has 0 bridgehead atoms. The molecular weight excluding hydrogens is 258 g/mol. The molecule has 0 saturated carbocycles. The van der Waals surface area contributed by atoms with Crippen molar-refractivity contribution >= 4 is 23.4 Å². The summed E-state index contributed by atoms with van der Waals surface area (Å²) in [6.45, 7) is 6.96. The van der Waals surface area contributed by atoms with Gasteiger partial charge >= 0.3 is 0 Å². The summed E-state index contributed by atoms with van der Waals surface area (Å²) < 4.78 is 0. The Labute approximate surface area is 119 Å². The zero-order valence-corrected chi connectivity index (χ0v) is 12.7. The summed E-state index contributed by atoms with van der Waals surface area (Å²) in [6.07, 6.45) is 4.33. The smallest absolute Gasteiger partial charge is 0.253 e. The van der Waals surface area contributed by atoms with Gasteiger partial charge in [-0.2, -0.15) is 11.8 Å². The lowest BCUT2D eigenvalue weighted by Gasteiger charge is -2.15. The number of carbonyl (C=O) groups excluding carboxylic acids is 1. The Balaban J connectivity index is 2.57. The van der Waals surface area contributed by atoms with Gasteiger partial charge in [0.1, 0.15) is 0 Å². The summed E-state index contributed by atoms with van der Waals surface area (Å²) in [5.41, 5.74) is 1.45. The lowest BCUT2D eigenvalue weighted by molar-refractivity contribution is 0.0940. The molecule has 1 unspecified atom stereocenters. The van der Waals surface area contributed by atoms with Crippen molar-refractivity contribution in [2.45, 2.75) is 33.2 Å². The second-order valence-corrected chi connectivity index (χ2v) is 5.71. The van der Waals surface area contributed by atoms with Crippen LogP contribution in [0, 0.1) is 0 Å². The van der Waals surface area contributed by atoms with Gasteiger partial charge in [0.25, 0.3) is 5.91 Å². The number of nitrogens with zero attached hydrogens (tertiary/aromatic N) is 1. The van der Waals surface area contributed by atoms with E-state index in [-0.39, 0.29) is 11.9 Å². The fourth-order valence-electron chi connectivity index (χ4n) is 1.70. The molecular formula is C14H23N3OS. The molecule has 1 heterocycles. The van der Waals surface area contributed by atoms with Gasteiger partial charge in [-0.3, -0.25) is 9.78 Å². The van der Waals surface area contributed by atoms with Crippen LogP contribution in [0.1, 0.15) is 37.6 Å². The van der Waals surface area contributed by atoms with Gasteiger partial charge in [0.15, 0.2) is 0 Å². The Morgan fingerprint density at radius 2 is 2.26 bits per heavy atom. The molecule has 1 atom stereocenters. The van der Waals surface area contributed by atoms with E-state index in [0.29, 0.717) is 5.56 Å². The maximum atomic E-state index is 12.2. The highest BCUT2D eigenvalue weighted by Gasteiger charge is 2.13. The molecule has 106 valence electrons. The van der Waals surface area contributed by atoms with Crippen LogP contribution in [0.4, 0.5) is 5.69 Å². The van der Waals surface area contributed by atoms with Crippen molar-refractivity contribution in [3.05, 3.63) is 24.0 Å². The van der Waals surface area contributed by atoms with E-state index in [9.17, 15) is 4.79 Å². The van der Waals surface area contributed by atoms with Gasteiger partial charge in [0, 0.05) is 18.8 Å². The van der Waals surface area contributed by atoms with E-state index >= 15 is 0 Å². The van der Waals surface area contributed by atoms with Gasteiger partial charge in [-0.1, -0.05) is 6.92 Å². The fourth-order valence-corrected chi connectivity index (χ4v) is 2.51. The Morgan fingerprint density at radius 3 is 2.95 bits per heavy atom. The van der Waals surface area contributed by atoms with E-state index in [1.54, 1.807) is 18.5 Å². The minimum absolute atomic E-state index is 0.0349. The van der Waals surface area contributed by atoms with Crippen LogP contribution in [0.2, 0.25) is 0 Å². The Hall–Kier alpha value is -1.23. The molecule has 1 aromatic rings. The van der Waals surface area contributed by atoms with Crippen LogP contribution in [0.3, 0.4) is 0 Å². The number of hydrogen-bond acceptors (Lipinski definition) is 4. The van der Waals surface area contributed by atoms with Crippen molar-refractivity contribution < 1.29 is 4.79 Å².